The van der Waals surface area contributed by atoms with Gasteiger partial charge in [-0.3, -0.25) is 9.59 Å². The van der Waals surface area contributed by atoms with Gasteiger partial charge in [-0.2, -0.15) is 0 Å². The Morgan fingerprint density at radius 3 is 2.43 bits per heavy atom. The van der Waals surface area contributed by atoms with Gasteiger partial charge < -0.3 is 19.7 Å². The monoisotopic (exact) mass is 508 g/mol. The first-order valence-electron chi connectivity index (χ1n) is 12.5. The van der Waals surface area contributed by atoms with Crippen LogP contribution in [0.5, 0.6) is 5.75 Å². The number of rotatable bonds is 13. The third-order valence-corrected chi connectivity index (χ3v) is 6.36. The maximum Gasteiger partial charge on any atom is 0.306 e. The normalized spacial score (nSPS) is 21.1. The van der Waals surface area contributed by atoms with Gasteiger partial charge >= 0.3 is 5.97 Å². The molecule has 6 nitrogen and oxygen atoms in total. The summed E-state index contributed by atoms with van der Waals surface area (Å²) in [4.78, 5) is 23.8. The van der Waals surface area contributed by atoms with Gasteiger partial charge in [-0.1, -0.05) is 48.5 Å². The lowest BCUT2D eigenvalue weighted by Gasteiger charge is -2.21. The second-order valence-corrected chi connectivity index (χ2v) is 9.02. The van der Waals surface area contributed by atoms with Crippen molar-refractivity contribution in [3.63, 3.8) is 0 Å². The van der Waals surface area contributed by atoms with Crippen LogP contribution in [0.15, 0.2) is 90.6 Å². The number of alkyl halides is 1. The van der Waals surface area contributed by atoms with E-state index in [-0.39, 0.29) is 49.2 Å². The Labute approximate surface area is 216 Å². The molecular weight excluding hydrogens is 475 g/mol. The Balaban J connectivity index is 1.39. The Hall–Kier alpha value is -3.67. The number of aliphatic hydroxyl groups excluding tert-OH is 2. The maximum atomic E-state index is 14.5. The van der Waals surface area contributed by atoms with Crippen molar-refractivity contribution in [3.8, 4) is 5.75 Å². The molecule has 0 radical (unpaired) electrons. The van der Waals surface area contributed by atoms with Crippen LogP contribution in [0, 0.1) is 11.8 Å². The summed E-state index contributed by atoms with van der Waals surface area (Å²) >= 11 is 0. The lowest BCUT2D eigenvalue weighted by Crippen LogP contribution is -2.20. The van der Waals surface area contributed by atoms with Gasteiger partial charge in [0, 0.05) is 24.8 Å². The molecule has 2 N–H and O–H groups in total. The van der Waals surface area contributed by atoms with Crippen LogP contribution in [0.2, 0.25) is 0 Å². The molecule has 7 heteroatoms. The lowest BCUT2D eigenvalue weighted by molar-refractivity contribution is -0.142. The summed E-state index contributed by atoms with van der Waals surface area (Å²) in [6.45, 7) is -0.297. The van der Waals surface area contributed by atoms with Crippen molar-refractivity contribution < 1.29 is 33.7 Å². The molecule has 196 valence electrons. The highest BCUT2D eigenvalue weighted by Crippen LogP contribution is 2.40. The molecule has 2 aromatic rings. The minimum absolute atomic E-state index is 0.0323. The summed E-state index contributed by atoms with van der Waals surface area (Å²) in [7, 11) is 0. The minimum Gasteiger partial charge on any atom is -0.509 e. The first kappa shape index (κ1) is 27.9. The molecular formula is C30H33FO6. The van der Waals surface area contributed by atoms with Gasteiger partial charge in [0.25, 0.3) is 0 Å². The van der Waals surface area contributed by atoms with Crippen LogP contribution in [-0.2, 0) is 9.53 Å². The molecule has 1 aliphatic carbocycles. The van der Waals surface area contributed by atoms with Crippen molar-refractivity contribution in [1.29, 1.82) is 0 Å². The highest BCUT2D eigenvalue weighted by atomic mass is 19.1. The lowest BCUT2D eigenvalue weighted by atomic mass is 9.87. The first-order valence-corrected chi connectivity index (χ1v) is 12.5. The largest absolute Gasteiger partial charge is 0.509 e. The summed E-state index contributed by atoms with van der Waals surface area (Å²) in [5, 5.41) is 20.5. The molecule has 0 saturated heterocycles. The Kier molecular flexibility index (Phi) is 11.2. The van der Waals surface area contributed by atoms with Crippen LogP contribution in [-0.4, -0.2) is 40.8 Å². The van der Waals surface area contributed by atoms with E-state index in [0.29, 0.717) is 30.6 Å². The number of ether oxygens (including phenoxy) is 2. The Bertz CT molecular complexity index is 1090. The first-order chi connectivity index (χ1) is 17.9. The third kappa shape index (κ3) is 9.37. The standard InChI is InChI=1S/C30H33FO6/c31-27-19-28(33)26(18-17-23(32)20-36-24-13-7-4-8-14-24)25(27)15-9-1-2-10-16-30(35)37-21-29(34)22-11-5-3-6-12-22/h2-9,11-14,20,25-28,32-33H,10,15-19,21H2/b23-20+/t1?,25-,26-,27-,28-/m1/s1. The predicted molar refractivity (Wildman–Crippen MR) is 138 cm³/mol. The van der Waals surface area contributed by atoms with Crippen molar-refractivity contribution >= 4 is 11.8 Å². The average Bonchev–Trinajstić information content (AvgIpc) is 3.19. The van der Waals surface area contributed by atoms with E-state index >= 15 is 0 Å². The van der Waals surface area contributed by atoms with Gasteiger partial charge in [0.15, 0.2) is 12.4 Å². The molecule has 3 rings (SSSR count). The number of carbonyl (C=O) groups is 2. The topological polar surface area (TPSA) is 93.1 Å². The second-order valence-electron chi connectivity index (χ2n) is 9.02. The van der Waals surface area contributed by atoms with Crippen LogP contribution >= 0.6 is 0 Å². The smallest absolute Gasteiger partial charge is 0.306 e. The van der Waals surface area contributed by atoms with E-state index in [1.165, 1.54) is 6.26 Å². The van der Waals surface area contributed by atoms with E-state index in [1.54, 1.807) is 54.6 Å². The maximum absolute atomic E-state index is 14.5. The second kappa shape index (κ2) is 14.8. The van der Waals surface area contributed by atoms with Gasteiger partial charge in [-0.25, -0.2) is 4.39 Å². The third-order valence-electron chi connectivity index (χ3n) is 6.36. The molecule has 2 aromatic carbocycles. The minimum atomic E-state index is -1.14. The molecule has 37 heavy (non-hydrogen) atoms. The predicted octanol–water partition coefficient (Wildman–Crippen LogP) is 5.89. The number of esters is 1. The fraction of sp³-hybridized carbons (Fsp3) is 0.367. The van der Waals surface area contributed by atoms with E-state index in [9.17, 15) is 24.2 Å². The highest BCUT2D eigenvalue weighted by molar-refractivity contribution is 5.97. The number of benzene rings is 2. The fourth-order valence-electron chi connectivity index (χ4n) is 4.36. The number of carbonyl (C=O) groups excluding carboxylic acids is 2. The molecule has 0 aliphatic heterocycles. The number of hydrogen-bond donors (Lipinski definition) is 2. The number of halogens is 1. The summed E-state index contributed by atoms with van der Waals surface area (Å²) in [5.41, 5.74) is 3.46. The molecule has 0 heterocycles. The number of Topliss-reactive ketones (excluding diaryl/α,β-unsaturated/α-hetero) is 1. The van der Waals surface area contributed by atoms with Gasteiger partial charge in [-0.05, 0) is 55.4 Å². The van der Waals surface area contributed by atoms with Crippen molar-refractivity contribution in [2.45, 2.75) is 50.8 Å². The number of allylic oxidation sites excluding steroid dienone is 2. The quantitative estimate of drug-likeness (QED) is 0.152. The molecule has 0 spiro atoms. The van der Waals surface area contributed by atoms with Crippen molar-refractivity contribution in [3.05, 3.63) is 96.1 Å². The zero-order chi connectivity index (χ0) is 26.5. The van der Waals surface area contributed by atoms with Crippen molar-refractivity contribution in [2.75, 3.05) is 6.61 Å². The van der Waals surface area contributed by atoms with Crippen LogP contribution < -0.4 is 4.74 Å². The number of para-hydroxylation sites is 1. The average molecular weight is 509 g/mol. The number of ketones is 1. The summed E-state index contributed by atoms with van der Waals surface area (Å²) in [6, 6.07) is 17.7. The number of aliphatic hydroxyl groups is 2. The van der Waals surface area contributed by atoms with E-state index < -0.39 is 18.2 Å². The van der Waals surface area contributed by atoms with Crippen LogP contribution in [0.1, 0.15) is 48.9 Å². The van der Waals surface area contributed by atoms with Gasteiger partial charge in [0.1, 0.15) is 23.9 Å². The van der Waals surface area contributed by atoms with Crippen LogP contribution in [0.3, 0.4) is 0 Å². The molecule has 0 aromatic heterocycles. The molecule has 1 fully saturated rings. The van der Waals surface area contributed by atoms with Gasteiger partial charge in [-0.15, -0.1) is 5.73 Å². The Morgan fingerprint density at radius 2 is 1.70 bits per heavy atom. The highest BCUT2D eigenvalue weighted by Gasteiger charge is 2.41. The number of hydrogen-bond acceptors (Lipinski definition) is 6. The van der Waals surface area contributed by atoms with Gasteiger partial charge in [0.05, 0.1) is 6.10 Å². The van der Waals surface area contributed by atoms with Crippen molar-refractivity contribution in [2.24, 2.45) is 11.8 Å². The molecule has 0 bridgehead atoms. The van der Waals surface area contributed by atoms with Crippen molar-refractivity contribution in [1.82, 2.24) is 0 Å². The molecule has 1 saturated carbocycles. The summed E-state index contributed by atoms with van der Waals surface area (Å²) in [5.74, 6) is -0.780. The zero-order valence-electron chi connectivity index (χ0n) is 20.7. The van der Waals surface area contributed by atoms with Crippen LogP contribution in [0.4, 0.5) is 4.39 Å². The fourth-order valence-corrected chi connectivity index (χ4v) is 4.36. The summed E-state index contributed by atoms with van der Waals surface area (Å²) < 4.78 is 25.0. The molecule has 4 atom stereocenters. The van der Waals surface area contributed by atoms with E-state index in [4.69, 9.17) is 9.47 Å². The molecule has 0 amide bonds. The molecule has 1 aliphatic rings. The van der Waals surface area contributed by atoms with E-state index in [1.807, 2.05) is 18.2 Å². The molecule has 0 unspecified atom stereocenters. The van der Waals surface area contributed by atoms with E-state index in [2.05, 4.69) is 5.73 Å². The van der Waals surface area contributed by atoms with Crippen LogP contribution in [0.25, 0.3) is 0 Å². The zero-order valence-corrected chi connectivity index (χ0v) is 20.7. The summed E-state index contributed by atoms with van der Waals surface area (Å²) in [6.07, 6.45) is 4.39. The SMILES string of the molecule is O=C(CCC=C=CC[C@@H]1[C@@H](CC/C(O)=C\Oc2ccccc2)[C@H](O)C[C@H]1F)OCC(=O)c1ccccc1. The van der Waals surface area contributed by atoms with Gasteiger partial charge in [0.2, 0.25) is 0 Å². The Morgan fingerprint density at radius 1 is 1.00 bits per heavy atom. The van der Waals surface area contributed by atoms with E-state index in [0.717, 1.165) is 0 Å².